The number of anilines is 2. The lowest BCUT2D eigenvalue weighted by Gasteiger charge is -2.12. The van der Waals surface area contributed by atoms with Crippen molar-refractivity contribution in [2.24, 2.45) is 0 Å². The molecule has 0 saturated carbocycles. The fourth-order valence-corrected chi connectivity index (χ4v) is 2.58. The van der Waals surface area contributed by atoms with Gasteiger partial charge in [-0.15, -0.1) is 0 Å². The van der Waals surface area contributed by atoms with Crippen LogP contribution >= 0.6 is 0 Å². The van der Waals surface area contributed by atoms with Crippen molar-refractivity contribution in [1.82, 2.24) is 14.9 Å². The Kier molecular flexibility index (Phi) is 4.80. The second-order valence-electron chi connectivity index (χ2n) is 4.98. The Labute approximate surface area is 134 Å². The van der Waals surface area contributed by atoms with E-state index in [4.69, 9.17) is 0 Å². The van der Waals surface area contributed by atoms with Crippen molar-refractivity contribution in [3.63, 3.8) is 0 Å². The Bertz CT molecular complexity index is 803. The molecule has 8 nitrogen and oxygen atoms in total. The second kappa shape index (κ2) is 6.61. The number of carbonyl (C=O) groups is 1. The number of sulfonamides is 1. The summed E-state index contributed by atoms with van der Waals surface area (Å²) < 4.78 is 26.8. The highest BCUT2D eigenvalue weighted by atomic mass is 32.2. The molecule has 0 unspecified atom stereocenters. The van der Waals surface area contributed by atoms with Gasteiger partial charge in [-0.3, -0.25) is 0 Å². The summed E-state index contributed by atoms with van der Waals surface area (Å²) in [6, 6.07) is 7.17. The van der Waals surface area contributed by atoms with Crippen LogP contribution in [0, 0.1) is 6.92 Å². The normalized spacial score (nSPS) is 10.9. The van der Waals surface area contributed by atoms with E-state index < -0.39 is 10.0 Å². The zero-order valence-electron chi connectivity index (χ0n) is 12.9. The van der Waals surface area contributed by atoms with Gasteiger partial charge in [-0.2, -0.15) is 0 Å². The predicted octanol–water partition coefficient (Wildman–Crippen LogP) is 1.68. The first-order chi connectivity index (χ1) is 10.8. The lowest BCUT2D eigenvalue weighted by molar-refractivity contribution is 0.230. The van der Waals surface area contributed by atoms with E-state index in [1.807, 2.05) is 0 Å². The quantitative estimate of drug-likeness (QED) is 0.884. The number of amides is 2. The average molecular weight is 335 g/mol. The van der Waals surface area contributed by atoms with Gasteiger partial charge < -0.3 is 10.2 Å². The van der Waals surface area contributed by atoms with E-state index >= 15 is 0 Å². The molecule has 1 heterocycles. The lowest BCUT2D eigenvalue weighted by atomic mass is 10.3. The van der Waals surface area contributed by atoms with Crippen molar-refractivity contribution in [2.45, 2.75) is 11.8 Å². The van der Waals surface area contributed by atoms with Crippen LogP contribution in [0.1, 0.15) is 5.69 Å². The minimum Gasteiger partial charge on any atom is -0.331 e. The molecule has 2 aromatic rings. The zero-order chi connectivity index (χ0) is 17.0. The van der Waals surface area contributed by atoms with Crippen molar-refractivity contribution in [1.29, 1.82) is 0 Å². The molecule has 1 aromatic heterocycles. The third-order valence-electron chi connectivity index (χ3n) is 2.84. The topological polar surface area (TPSA) is 104 Å². The van der Waals surface area contributed by atoms with Gasteiger partial charge >= 0.3 is 6.03 Å². The number of urea groups is 1. The first-order valence-electron chi connectivity index (χ1n) is 6.69. The standard InChI is InChI=1S/C14H17N5O3S/c1-10-8-9-15-13(16-10)18-23(21,22)12-6-4-11(5-7-12)17-14(20)19(2)3/h4-9H,1-3H3,(H,17,20)(H,15,16,18). The van der Waals surface area contributed by atoms with Crippen LogP contribution in [-0.2, 0) is 10.0 Å². The smallest absolute Gasteiger partial charge is 0.321 e. The summed E-state index contributed by atoms with van der Waals surface area (Å²) >= 11 is 0. The van der Waals surface area contributed by atoms with Crippen molar-refractivity contribution < 1.29 is 13.2 Å². The number of rotatable bonds is 4. The number of carbonyl (C=O) groups excluding carboxylic acids is 1. The van der Waals surface area contributed by atoms with Crippen molar-refractivity contribution in [3.05, 3.63) is 42.2 Å². The fraction of sp³-hybridized carbons (Fsp3) is 0.214. The molecule has 23 heavy (non-hydrogen) atoms. The van der Waals surface area contributed by atoms with E-state index in [2.05, 4.69) is 20.0 Å². The van der Waals surface area contributed by atoms with Crippen LogP contribution in [0.25, 0.3) is 0 Å². The molecule has 2 amide bonds. The molecule has 122 valence electrons. The molecule has 0 fully saturated rings. The largest absolute Gasteiger partial charge is 0.331 e. The van der Waals surface area contributed by atoms with Crippen molar-refractivity contribution in [2.75, 3.05) is 24.1 Å². The monoisotopic (exact) mass is 335 g/mol. The highest BCUT2D eigenvalue weighted by Gasteiger charge is 2.16. The summed E-state index contributed by atoms with van der Waals surface area (Å²) in [5, 5.41) is 2.62. The molecule has 0 aliphatic carbocycles. The van der Waals surface area contributed by atoms with Gasteiger partial charge in [0.25, 0.3) is 10.0 Å². The number of hydrogen-bond donors (Lipinski definition) is 2. The Morgan fingerprint density at radius 1 is 1.13 bits per heavy atom. The predicted molar refractivity (Wildman–Crippen MR) is 86.7 cm³/mol. The maximum absolute atomic E-state index is 12.3. The van der Waals surface area contributed by atoms with Gasteiger partial charge in [0, 0.05) is 31.7 Å². The van der Waals surface area contributed by atoms with Crippen molar-refractivity contribution in [3.8, 4) is 0 Å². The van der Waals surface area contributed by atoms with Crippen LogP contribution in [-0.4, -0.2) is 43.4 Å². The summed E-state index contributed by atoms with van der Waals surface area (Å²) in [6.45, 7) is 1.74. The number of aromatic nitrogens is 2. The number of nitrogens with one attached hydrogen (secondary N) is 2. The molecular weight excluding hydrogens is 318 g/mol. The molecule has 0 aliphatic rings. The first-order valence-corrected chi connectivity index (χ1v) is 8.17. The second-order valence-corrected chi connectivity index (χ2v) is 6.66. The number of aryl methyl sites for hydroxylation is 1. The number of benzene rings is 1. The minimum atomic E-state index is -3.79. The Hall–Kier alpha value is -2.68. The molecule has 2 rings (SSSR count). The minimum absolute atomic E-state index is 0.00925. The molecule has 2 N–H and O–H groups in total. The van der Waals surface area contributed by atoms with Gasteiger partial charge in [0.15, 0.2) is 0 Å². The van der Waals surface area contributed by atoms with Gasteiger partial charge in [0.1, 0.15) is 0 Å². The summed E-state index contributed by atoms with van der Waals surface area (Å²) in [4.78, 5) is 20.8. The molecule has 0 atom stereocenters. The number of hydrogen-bond acceptors (Lipinski definition) is 5. The van der Waals surface area contributed by atoms with Crippen molar-refractivity contribution >= 4 is 27.7 Å². The maximum atomic E-state index is 12.3. The van der Waals surface area contributed by atoms with Crippen LogP contribution < -0.4 is 10.0 Å². The van der Waals surface area contributed by atoms with Crippen LogP contribution in [0.3, 0.4) is 0 Å². The van der Waals surface area contributed by atoms with Gasteiger partial charge in [-0.1, -0.05) is 0 Å². The molecule has 0 spiro atoms. The molecule has 1 aromatic carbocycles. The average Bonchev–Trinajstić information content (AvgIpc) is 2.47. The third-order valence-corrected chi connectivity index (χ3v) is 4.19. The van der Waals surface area contributed by atoms with E-state index in [-0.39, 0.29) is 16.9 Å². The van der Waals surface area contributed by atoms with E-state index in [0.717, 1.165) is 0 Å². The highest BCUT2D eigenvalue weighted by molar-refractivity contribution is 7.92. The fourth-order valence-electron chi connectivity index (χ4n) is 1.63. The third kappa shape index (κ3) is 4.39. The molecule has 0 saturated heterocycles. The van der Waals surface area contributed by atoms with Gasteiger partial charge in [0.2, 0.25) is 5.95 Å². The molecule has 0 bridgehead atoms. The SMILES string of the molecule is Cc1ccnc(NS(=O)(=O)c2ccc(NC(=O)N(C)C)cc2)n1. The first kappa shape index (κ1) is 16.7. The molecule has 0 radical (unpaired) electrons. The van der Waals surface area contributed by atoms with Gasteiger partial charge in [-0.05, 0) is 37.3 Å². The van der Waals surface area contributed by atoms with Crippen LogP contribution in [0.5, 0.6) is 0 Å². The maximum Gasteiger partial charge on any atom is 0.321 e. The summed E-state index contributed by atoms with van der Waals surface area (Å²) in [5.41, 5.74) is 1.15. The summed E-state index contributed by atoms with van der Waals surface area (Å²) in [6.07, 6.45) is 1.47. The van der Waals surface area contributed by atoms with E-state index in [0.29, 0.717) is 11.4 Å². The Morgan fingerprint density at radius 3 is 2.35 bits per heavy atom. The zero-order valence-corrected chi connectivity index (χ0v) is 13.8. The Morgan fingerprint density at radius 2 is 1.78 bits per heavy atom. The van der Waals surface area contributed by atoms with E-state index in [1.54, 1.807) is 27.1 Å². The van der Waals surface area contributed by atoms with Gasteiger partial charge in [0.05, 0.1) is 4.90 Å². The van der Waals surface area contributed by atoms with E-state index in [1.165, 1.54) is 35.4 Å². The van der Waals surface area contributed by atoms with Crippen LogP contribution in [0.15, 0.2) is 41.4 Å². The molecule has 0 aliphatic heterocycles. The highest BCUT2D eigenvalue weighted by Crippen LogP contribution is 2.16. The van der Waals surface area contributed by atoms with Crippen LogP contribution in [0.2, 0.25) is 0 Å². The van der Waals surface area contributed by atoms with Crippen LogP contribution in [0.4, 0.5) is 16.4 Å². The lowest BCUT2D eigenvalue weighted by Crippen LogP contribution is -2.27. The summed E-state index contributed by atoms with van der Waals surface area (Å²) in [7, 11) is -0.568. The molecule has 9 heteroatoms. The Balaban J connectivity index is 2.16. The summed E-state index contributed by atoms with van der Waals surface area (Å²) in [5.74, 6) is 0.00925. The number of nitrogens with zero attached hydrogens (tertiary/aromatic N) is 3. The molecular formula is C14H17N5O3S. The van der Waals surface area contributed by atoms with Gasteiger partial charge in [-0.25, -0.2) is 27.9 Å². The van der Waals surface area contributed by atoms with E-state index in [9.17, 15) is 13.2 Å².